The van der Waals surface area contributed by atoms with E-state index < -0.39 is 0 Å². The first-order valence-corrected chi connectivity index (χ1v) is 9.82. The van der Waals surface area contributed by atoms with Crippen molar-refractivity contribution in [2.24, 2.45) is 0 Å². The number of aromatic nitrogens is 3. The van der Waals surface area contributed by atoms with E-state index in [4.69, 9.17) is 0 Å². The number of anilines is 1. The monoisotopic (exact) mass is 514 g/mol. The molecule has 0 unspecified atom stereocenters. The number of aromatic amines is 1. The molecule has 3 aromatic rings. The van der Waals surface area contributed by atoms with Gasteiger partial charge in [0.05, 0.1) is 5.75 Å². The molecule has 0 saturated heterocycles. The number of nitrogens with one attached hydrogen (secondary N) is 2. The number of carbonyl (C=O) groups is 1. The van der Waals surface area contributed by atoms with Gasteiger partial charge in [0.1, 0.15) is 0 Å². The Hall–Kier alpha value is -1.39. The second-order valence-electron chi connectivity index (χ2n) is 4.82. The van der Waals surface area contributed by atoms with E-state index in [0.717, 1.165) is 19.3 Å². The van der Waals surface area contributed by atoms with E-state index in [1.807, 2.05) is 48.5 Å². The summed E-state index contributed by atoms with van der Waals surface area (Å²) in [4.78, 5) is 16.4. The fourth-order valence-corrected chi connectivity index (χ4v) is 3.13. The lowest BCUT2D eigenvalue weighted by atomic mass is 10.2. The zero-order valence-electron chi connectivity index (χ0n) is 12.3. The standard InChI is InChI=1S/C16H12BrIN4OS/c17-11-3-1-10(2-4-11)15-20-16(22-21-15)24-9-14(23)19-13-7-5-12(18)6-8-13/h1-8H,9H2,(H,19,23)(H,20,21,22). The lowest BCUT2D eigenvalue weighted by Crippen LogP contribution is -2.14. The Bertz CT molecular complexity index is 836. The van der Waals surface area contributed by atoms with Crippen molar-refractivity contribution in [3.05, 3.63) is 56.6 Å². The van der Waals surface area contributed by atoms with E-state index in [9.17, 15) is 4.79 Å². The van der Waals surface area contributed by atoms with Crippen molar-refractivity contribution in [3.8, 4) is 11.4 Å². The Labute approximate surface area is 165 Å². The molecule has 8 heteroatoms. The van der Waals surface area contributed by atoms with E-state index in [1.165, 1.54) is 11.8 Å². The average Bonchev–Trinajstić information content (AvgIpc) is 3.05. The molecular formula is C16H12BrIN4OS. The predicted molar refractivity (Wildman–Crippen MR) is 108 cm³/mol. The van der Waals surface area contributed by atoms with Crippen LogP contribution in [0.2, 0.25) is 0 Å². The molecule has 0 aliphatic carbocycles. The van der Waals surface area contributed by atoms with Gasteiger partial charge in [0.2, 0.25) is 11.1 Å². The number of hydrogen-bond acceptors (Lipinski definition) is 4. The number of hydrogen-bond donors (Lipinski definition) is 2. The molecule has 0 spiro atoms. The lowest BCUT2D eigenvalue weighted by molar-refractivity contribution is -0.113. The average molecular weight is 515 g/mol. The molecule has 3 rings (SSSR count). The molecular weight excluding hydrogens is 503 g/mol. The quantitative estimate of drug-likeness (QED) is 0.386. The maximum atomic E-state index is 12.0. The molecule has 0 aliphatic rings. The molecule has 2 aromatic carbocycles. The fourth-order valence-electron chi connectivity index (χ4n) is 1.91. The molecule has 0 atom stereocenters. The van der Waals surface area contributed by atoms with Crippen molar-refractivity contribution in [1.29, 1.82) is 0 Å². The molecule has 0 radical (unpaired) electrons. The minimum absolute atomic E-state index is 0.0869. The van der Waals surface area contributed by atoms with Crippen molar-refractivity contribution in [1.82, 2.24) is 15.2 Å². The van der Waals surface area contributed by atoms with Gasteiger partial charge in [-0.2, -0.15) is 0 Å². The van der Waals surface area contributed by atoms with Gasteiger partial charge in [-0.25, -0.2) is 4.98 Å². The van der Waals surface area contributed by atoms with Crippen LogP contribution in [0.3, 0.4) is 0 Å². The third-order valence-corrected chi connectivity index (χ3v) is 5.14. The summed E-state index contributed by atoms with van der Waals surface area (Å²) in [7, 11) is 0. The van der Waals surface area contributed by atoms with Gasteiger partial charge in [-0.1, -0.05) is 39.8 Å². The molecule has 5 nitrogen and oxygen atoms in total. The van der Waals surface area contributed by atoms with Crippen molar-refractivity contribution >= 4 is 61.9 Å². The van der Waals surface area contributed by atoms with Crippen LogP contribution in [0.5, 0.6) is 0 Å². The second kappa shape index (κ2) is 8.13. The molecule has 1 heterocycles. The lowest BCUT2D eigenvalue weighted by Gasteiger charge is -2.03. The minimum Gasteiger partial charge on any atom is -0.325 e. The number of halogens is 2. The van der Waals surface area contributed by atoms with Gasteiger partial charge in [0, 0.05) is 19.3 Å². The van der Waals surface area contributed by atoms with Gasteiger partial charge in [-0.3, -0.25) is 9.89 Å². The highest BCUT2D eigenvalue weighted by Crippen LogP contribution is 2.21. The van der Waals surface area contributed by atoms with Crippen LogP contribution in [-0.4, -0.2) is 26.8 Å². The highest BCUT2D eigenvalue weighted by atomic mass is 127. The van der Waals surface area contributed by atoms with Crippen LogP contribution in [0.4, 0.5) is 5.69 Å². The van der Waals surface area contributed by atoms with Crippen LogP contribution in [-0.2, 0) is 4.79 Å². The highest BCUT2D eigenvalue weighted by molar-refractivity contribution is 14.1. The summed E-state index contributed by atoms with van der Waals surface area (Å²) in [5.41, 5.74) is 1.73. The van der Waals surface area contributed by atoms with Gasteiger partial charge < -0.3 is 5.32 Å². The van der Waals surface area contributed by atoms with Crippen molar-refractivity contribution < 1.29 is 4.79 Å². The first-order valence-electron chi connectivity index (χ1n) is 6.97. The summed E-state index contributed by atoms with van der Waals surface area (Å²) in [6.45, 7) is 0. The van der Waals surface area contributed by atoms with Gasteiger partial charge in [-0.05, 0) is 59.0 Å². The van der Waals surface area contributed by atoms with Crippen LogP contribution >= 0.6 is 50.3 Å². The number of carbonyl (C=O) groups excluding carboxylic acids is 1. The highest BCUT2D eigenvalue weighted by Gasteiger charge is 2.09. The maximum Gasteiger partial charge on any atom is 0.234 e. The van der Waals surface area contributed by atoms with Gasteiger partial charge in [-0.15, -0.1) is 5.10 Å². The molecule has 1 amide bonds. The number of benzene rings is 2. The topological polar surface area (TPSA) is 70.7 Å². The summed E-state index contributed by atoms with van der Waals surface area (Å²) in [5.74, 6) is 0.850. The van der Waals surface area contributed by atoms with E-state index in [1.54, 1.807) is 0 Å². The third kappa shape index (κ3) is 4.81. The smallest absolute Gasteiger partial charge is 0.234 e. The number of rotatable bonds is 5. The van der Waals surface area contributed by atoms with Gasteiger partial charge in [0.15, 0.2) is 5.82 Å². The predicted octanol–water partition coefficient (Wildman–Crippen LogP) is 4.57. The van der Waals surface area contributed by atoms with Crippen molar-refractivity contribution in [2.45, 2.75) is 5.16 Å². The van der Waals surface area contributed by atoms with Crippen LogP contribution in [0.25, 0.3) is 11.4 Å². The molecule has 0 aliphatic heterocycles. The number of H-pyrrole nitrogens is 1. The molecule has 122 valence electrons. The minimum atomic E-state index is -0.0869. The normalized spacial score (nSPS) is 10.6. The molecule has 0 bridgehead atoms. The molecule has 0 saturated carbocycles. The Morgan fingerprint density at radius 3 is 2.58 bits per heavy atom. The Morgan fingerprint density at radius 1 is 1.17 bits per heavy atom. The van der Waals surface area contributed by atoms with E-state index in [0.29, 0.717) is 11.0 Å². The number of nitrogens with zero attached hydrogens (tertiary/aromatic N) is 2. The van der Waals surface area contributed by atoms with E-state index in [-0.39, 0.29) is 11.7 Å². The Morgan fingerprint density at radius 2 is 1.88 bits per heavy atom. The molecule has 0 fully saturated rings. The number of amides is 1. The van der Waals surface area contributed by atoms with Crippen LogP contribution < -0.4 is 5.32 Å². The van der Waals surface area contributed by atoms with Gasteiger partial charge in [0.25, 0.3) is 0 Å². The van der Waals surface area contributed by atoms with Crippen molar-refractivity contribution in [3.63, 3.8) is 0 Å². The first kappa shape index (κ1) is 17.4. The third-order valence-electron chi connectivity index (χ3n) is 3.04. The largest absolute Gasteiger partial charge is 0.325 e. The SMILES string of the molecule is O=C(CSc1n[nH]c(-c2ccc(Br)cc2)n1)Nc1ccc(I)cc1. The van der Waals surface area contributed by atoms with E-state index in [2.05, 4.69) is 59.0 Å². The van der Waals surface area contributed by atoms with Crippen LogP contribution in [0, 0.1) is 3.57 Å². The van der Waals surface area contributed by atoms with Crippen molar-refractivity contribution in [2.75, 3.05) is 11.1 Å². The Kier molecular flexibility index (Phi) is 5.90. The van der Waals surface area contributed by atoms with Gasteiger partial charge >= 0.3 is 0 Å². The first-order chi connectivity index (χ1) is 11.6. The summed E-state index contributed by atoms with van der Waals surface area (Å²) in [6.07, 6.45) is 0. The second-order valence-corrected chi connectivity index (χ2v) is 7.92. The zero-order valence-corrected chi connectivity index (χ0v) is 16.9. The van der Waals surface area contributed by atoms with E-state index >= 15 is 0 Å². The maximum absolute atomic E-state index is 12.0. The zero-order chi connectivity index (χ0) is 16.9. The summed E-state index contributed by atoms with van der Waals surface area (Å²) < 4.78 is 2.13. The fraction of sp³-hybridized carbons (Fsp3) is 0.0625. The molecule has 2 N–H and O–H groups in total. The number of thioether (sulfide) groups is 1. The molecule has 24 heavy (non-hydrogen) atoms. The summed E-state index contributed by atoms with van der Waals surface area (Å²) in [6, 6.07) is 15.4. The molecule has 1 aromatic heterocycles. The summed E-state index contributed by atoms with van der Waals surface area (Å²) >= 11 is 6.92. The summed E-state index contributed by atoms with van der Waals surface area (Å²) in [5, 5.41) is 10.4. The van der Waals surface area contributed by atoms with Crippen LogP contribution in [0.15, 0.2) is 58.2 Å². The van der Waals surface area contributed by atoms with Crippen LogP contribution in [0.1, 0.15) is 0 Å². The Balaban J connectivity index is 1.56.